The van der Waals surface area contributed by atoms with E-state index in [9.17, 15) is 9.59 Å². The number of aryl methyl sites for hydroxylation is 2. The van der Waals surface area contributed by atoms with Crippen LogP contribution in [0.3, 0.4) is 0 Å². The Hall–Kier alpha value is -3.42. The first kappa shape index (κ1) is 18.4. The van der Waals surface area contributed by atoms with Gasteiger partial charge >= 0.3 is 0 Å². The molecule has 3 rings (SSSR count). The lowest BCUT2D eigenvalue weighted by Crippen LogP contribution is -2.33. The van der Waals surface area contributed by atoms with E-state index < -0.39 is 6.04 Å². The Morgan fingerprint density at radius 2 is 1.93 bits per heavy atom. The molecule has 0 aliphatic carbocycles. The van der Waals surface area contributed by atoms with Crippen molar-refractivity contribution in [1.29, 1.82) is 0 Å². The summed E-state index contributed by atoms with van der Waals surface area (Å²) in [6.45, 7) is 5.40. The maximum atomic E-state index is 12.6. The van der Waals surface area contributed by atoms with E-state index >= 15 is 0 Å². The van der Waals surface area contributed by atoms with Gasteiger partial charge < -0.3 is 10.1 Å². The SMILES string of the molecule is COc1cccc(NC(=O)C(C)n2nc(-n3nc(C)cc3C)ccc2=O)c1. The van der Waals surface area contributed by atoms with Crippen molar-refractivity contribution in [3.05, 3.63) is 64.2 Å². The van der Waals surface area contributed by atoms with E-state index in [-0.39, 0.29) is 11.5 Å². The molecule has 2 aromatic heterocycles. The summed E-state index contributed by atoms with van der Waals surface area (Å²) in [7, 11) is 1.55. The molecule has 8 nitrogen and oxygen atoms in total. The van der Waals surface area contributed by atoms with Crippen LogP contribution < -0.4 is 15.6 Å². The van der Waals surface area contributed by atoms with Crippen LogP contribution in [0.15, 0.2) is 47.3 Å². The molecule has 0 spiro atoms. The summed E-state index contributed by atoms with van der Waals surface area (Å²) in [4.78, 5) is 24.9. The molecule has 1 atom stereocenters. The van der Waals surface area contributed by atoms with Gasteiger partial charge in [-0.25, -0.2) is 9.36 Å². The first-order valence-electron chi connectivity index (χ1n) is 8.47. The maximum absolute atomic E-state index is 12.6. The molecule has 0 aliphatic rings. The summed E-state index contributed by atoms with van der Waals surface area (Å²) < 4.78 is 7.94. The molecule has 0 fully saturated rings. The van der Waals surface area contributed by atoms with Gasteiger partial charge in [-0.3, -0.25) is 9.59 Å². The van der Waals surface area contributed by atoms with E-state index in [1.807, 2.05) is 19.9 Å². The Morgan fingerprint density at radius 3 is 2.59 bits per heavy atom. The second-order valence-corrected chi connectivity index (χ2v) is 6.21. The lowest BCUT2D eigenvalue weighted by Gasteiger charge is -2.15. The molecule has 1 unspecified atom stereocenters. The minimum atomic E-state index is -0.805. The number of amides is 1. The fourth-order valence-corrected chi connectivity index (χ4v) is 2.73. The highest BCUT2D eigenvalue weighted by molar-refractivity contribution is 5.93. The predicted octanol–water partition coefficient (Wildman–Crippen LogP) is 2.25. The van der Waals surface area contributed by atoms with Crippen molar-refractivity contribution in [2.45, 2.75) is 26.8 Å². The van der Waals surface area contributed by atoms with Gasteiger partial charge in [0, 0.05) is 23.5 Å². The van der Waals surface area contributed by atoms with Gasteiger partial charge in [0.05, 0.1) is 12.8 Å². The third kappa shape index (κ3) is 3.89. The average Bonchev–Trinajstić information content (AvgIpc) is 3.00. The zero-order valence-electron chi connectivity index (χ0n) is 15.6. The molecule has 1 aromatic carbocycles. The normalized spacial score (nSPS) is 11.9. The molecule has 1 amide bonds. The Balaban J connectivity index is 1.88. The minimum absolute atomic E-state index is 0.358. The first-order chi connectivity index (χ1) is 12.9. The number of hydrogen-bond acceptors (Lipinski definition) is 5. The summed E-state index contributed by atoms with van der Waals surface area (Å²) in [5.74, 6) is 0.742. The second-order valence-electron chi connectivity index (χ2n) is 6.21. The maximum Gasteiger partial charge on any atom is 0.267 e. The lowest BCUT2D eigenvalue weighted by atomic mass is 10.2. The van der Waals surface area contributed by atoms with Gasteiger partial charge in [0.2, 0.25) is 5.91 Å². The number of hydrogen-bond donors (Lipinski definition) is 1. The van der Waals surface area contributed by atoms with Crippen LogP contribution in [0.4, 0.5) is 5.69 Å². The van der Waals surface area contributed by atoms with Gasteiger partial charge in [-0.2, -0.15) is 5.10 Å². The molecule has 140 valence electrons. The van der Waals surface area contributed by atoms with E-state index in [2.05, 4.69) is 15.5 Å². The molecule has 27 heavy (non-hydrogen) atoms. The quantitative estimate of drug-likeness (QED) is 0.747. The van der Waals surface area contributed by atoms with Crippen molar-refractivity contribution in [3.63, 3.8) is 0 Å². The number of carbonyl (C=O) groups excluding carboxylic acids is 1. The summed E-state index contributed by atoms with van der Waals surface area (Å²) >= 11 is 0. The van der Waals surface area contributed by atoms with Crippen LogP contribution >= 0.6 is 0 Å². The Morgan fingerprint density at radius 1 is 1.15 bits per heavy atom. The van der Waals surface area contributed by atoms with Gasteiger partial charge in [-0.1, -0.05) is 6.07 Å². The van der Waals surface area contributed by atoms with Gasteiger partial charge in [-0.05, 0) is 45.0 Å². The topological polar surface area (TPSA) is 91.0 Å². The van der Waals surface area contributed by atoms with Crippen LogP contribution in [0.2, 0.25) is 0 Å². The largest absolute Gasteiger partial charge is 0.497 e. The fourth-order valence-electron chi connectivity index (χ4n) is 2.73. The number of nitrogens with one attached hydrogen (secondary N) is 1. The Labute approximate surface area is 156 Å². The van der Waals surface area contributed by atoms with Crippen molar-refractivity contribution in [3.8, 4) is 11.6 Å². The highest BCUT2D eigenvalue weighted by Gasteiger charge is 2.19. The van der Waals surface area contributed by atoms with E-state index in [4.69, 9.17) is 4.74 Å². The molecule has 3 aromatic rings. The second kappa shape index (κ2) is 7.45. The van der Waals surface area contributed by atoms with Crippen LogP contribution in [0.1, 0.15) is 24.4 Å². The van der Waals surface area contributed by atoms with Gasteiger partial charge in [-0.15, -0.1) is 5.10 Å². The van der Waals surface area contributed by atoms with Crippen molar-refractivity contribution in [2.24, 2.45) is 0 Å². The molecule has 1 N–H and O–H groups in total. The van der Waals surface area contributed by atoms with E-state index in [0.717, 1.165) is 16.1 Å². The summed E-state index contributed by atoms with van der Waals surface area (Å²) in [5, 5.41) is 11.5. The van der Waals surface area contributed by atoms with Gasteiger partial charge in [0.25, 0.3) is 5.56 Å². The van der Waals surface area contributed by atoms with E-state index in [1.165, 1.54) is 6.07 Å². The monoisotopic (exact) mass is 367 g/mol. The van der Waals surface area contributed by atoms with Crippen molar-refractivity contribution in [1.82, 2.24) is 19.6 Å². The number of anilines is 1. The number of carbonyl (C=O) groups is 1. The van der Waals surface area contributed by atoms with E-state index in [1.54, 1.807) is 49.0 Å². The number of methoxy groups -OCH3 is 1. The summed E-state index contributed by atoms with van der Waals surface area (Å²) in [6, 6.07) is 11.1. The smallest absolute Gasteiger partial charge is 0.267 e. The third-order valence-electron chi connectivity index (χ3n) is 4.12. The molecule has 0 saturated carbocycles. The molecule has 2 heterocycles. The Bertz CT molecular complexity index is 1040. The highest BCUT2D eigenvalue weighted by Crippen LogP contribution is 2.18. The molecule has 0 radical (unpaired) electrons. The number of aromatic nitrogens is 4. The number of nitrogens with zero attached hydrogens (tertiary/aromatic N) is 4. The number of benzene rings is 1. The van der Waals surface area contributed by atoms with Crippen LogP contribution in [0.25, 0.3) is 5.82 Å². The first-order valence-corrected chi connectivity index (χ1v) is 8.47. The number of ether oxygens (including phenoxy) is 1. The lowest BCUT2D eigenvalue weighted by molar-refractivity contribution is -0.119. The van der Waals surface area contributed by atoms with E-state index in [0.29, 0.717) is 17.3 Å². The zero-order valence-corrected chi connectivity index (χ0v) is 15.6. The van der Waals surface area contributed by atoms with Crippen molar-refractivity contribution in [2.75, 3.05) is 12.4 Å². The third-order valence-corrected chi connectivity index (χ3v) is 4.12. The van der Waals surface area contributed by atoms with Crippen LogP contribution in [0, 0.1) is 13.8 Å². The van der Waals surface area contributed by atoms with Crippen LogP contribution in [-0.2, 0) is 4.79 Å². The van der Waals surface area contributed by atoms with Crippen LogP contribution in [-0.4, -0.2) is 32.6 Å². The predicted molar refractivity (Wildman–Crippen MR) is 101 cm³/mol. The summed E-state index contributed by atoms with van der Waals surface area (Å²) in [5.41, 5.74) is 1.94. The fraction of sp³-hybridized carbons (Fsp3) is 0.263. The molecule has 0 bridgehead atoms. The average molecular weight is 367 g/mol. The minimum Gasteiger partial charge on any atom is -0.497 e. The molecule has 8 heteroatoms. The molecular weight excluding hydrogens is 346 g/mol. The van der Waals surface area contributed by atoms with Gasteiger partial charge in [0.15, 0.2) is 5.82 Å². The molecular formula is C19H21N5O3. The Kier molecular flexibility index (Phi) is 5.07. The summed E-state index contributed by atoms with van der Waals surface area (Å²) in [6.07, 6.45) is 0. The van der Waals surface area contributed by atoms with Crippen molar-refractivity contribution >= 4 is 11.6 Å². The standard InChI is InChI=1S/C19H21N5O3/c1-12-10-13(2)23(21-12)17-8-9-18(25)24(22-17)14(3)19(26)20-15-6-5-7-16(11-15)27-4/h5-11,14H,1-4H3,(H,20,26). The highest BCUT2D eigenvalue weighted by atomic mass is 16.5. The van der Waals surface area contributed by atoms with Gasteiger partial charge in [0.1, 0.15) is 11.8 Å². The van der Waals surface area contributed by atoms with Crippen molar-refractivity contribution < 1.29 is 9.53 Å². The molecule has 0 aliphatic heterocycles. The zero-order chi connectivity index (χ0) is 19.6. The number of rotatable bonds is 5. The van der Waals surface area contributed by atoms with Crippen LogP contribution in [0.5, 0.6) is 5.75 Å². The molecule has 0 saturated heterocycles.